The van der Waals surface area contributed by atoms with E-state index in [4.69, 9.17) is 9.47 Å². The lowest BCUT2D eigenvalue weighted by molar-refractivity contribution is -0.136. The highest BCUT2D eigenvalue weighted by Crippen LogP contribution is 2.23. The molecule has 11 nitrogen and oxygen atoms in total. The lowest BCUT2D eigenvalue weighted by Gasteiger charge is -2.32. The number of rotatable bonds is 9. The molecule has 1 atom stereocenters. The summed E-state index contributed by atoms with van der Waals surface area (Å²) in [7, 11) is 5.01. The number of likely N-dealkylation sites (N-methyl/N-ethyl adjacent to an activating group) is 1. The predicted octanol–water partition coefficient (Wildman–Crippen LogP) is 2.02. The summed E-state index contributed by atoms with van der Waals surface area (Å²) in [6.45, 7) is 5.90. The second-order valence-corrected chi connectivity index (χ2v) is 8.70. The van der Waals surface area contributed by atoms with E-state index in [-0.39, 0.29) is 35.9 Å². The molecule has 0 spiro atoms. The summed E-state index contributed by atoms with van der Waals surface area (Å²) in [4.78, 5) is 50.5. The Hall–Kier alpha value is -4.01. The van der Waals surface area contributed by atoms with Gasteiger partial charge in [0, 0.05) is 51.6 Å². The standard InChI is InChI=1S/C26H32N6O5/c1-6-7-19-13-27-23(12-22(19)37-18(2)17-36-5)29-26(35)31(4)24-9-8-20(21(16-33)28-24)14-32-11-10-30(3)15-25(32)34/h8-9,12-13,16,18H,10-11,14-15,17H2,1-5H3,(H,27,29,35). The molecule has 2 aromatic rings. The molecule has 37 heavy (non-hydrogen) atoms. The zero-order chi connectivity index (χ0) is 26.9. The van der Waals surface area contributed by atoms with Crippen molar-refractivity contribution in [3.8, 4) is 17.6 Å². The summed E-state index contributed by atoms with van der Waals surface area (Å²) < 4.78 is 11.0. The third kappa shape index (κ3) is 7.25. The molecule has 3 amide bonds. The Kier molecular flexibility index (Phi) is 9.54. The maximum atomic E-state index is 12.9. The van der Waals surface area contributed by atoms with Crippen LogP contribution in [0, 0.1) is 11.8 Å². The number of nitrogens with zero attached hydrogens (tertiary/aromatic N) is 5. The number of amides is 3. The maximum Gasteiger partial charge on any atom is 0.328 e. The van der Waals surface area contributed by atoms with Crippen molar-refractivity contribution < 1.29 is 23.9 Å². The van der Waals surface area contributed by atoms with Gasteiger partial charge in [-0.1, -0.05) is 12.0 Å². The van der Waals surface area contributed by atoms with Crippen molar-refractivity contribution in [2.75, 3.05) is 57.7 Å². The molecule has 196 valence electrons. The van der Waals surface area contributed by atoms with Crippen molar-refractivity contribution >= 4 is 29.9 Å². The number of hydrogen-bond donors (Lipinski definition) is 1. The number of carbonyl (C=O) groups is 3. The van der Waals surface area contributed by atoms with E-state index >= 15 is 0 Å². The highest BCUT2D eigenvalue weighted by atomic mass is 16.5. The number of urea groups is 1. The minimum absolute atomic E-state index is 0.00503. The lowest BCUT2D eigenvalue weighted by atomic mass is 10.1. The molecule has 0 saturated carbocycles. The minimum atomic E-state index is -0.510. The normalized spacial score (nSPS) is 14.4. The van der Waals surface area contributed by atoms with Crippen LogP contribution in [-0.2, 0) is 16.1 Å². The van der Waals surface area contributed by atoms with E-state index in [0.717, 1.165) is 6.54 Å². The Morgan fingerprint density at radius 2 is 2.14 bits per heavy atom. The van der Waals surface area contributed by atoms with E-state index in [1.54, 1.807) is 37.1 Å². The van der Waals surface area contributed by atoms with E-state index < -0.39 is 6.03 Å². The summed E-state index contributed by atoms with van der Waals surface area (Å²) in [5.74, 6) is 6.75. The van der Waals surface area contributed by atoms with E-state index in [1.165, 1.54) is 18.1 Å². The Morgan fingerprint density at radius 1 is 1.35 bits per heavy atom. The van der Waals surface area contributed by atoms with Crippen molar-refractivity contribution in [1.82, 2.24) is 19.8 Å². The van der Waals surface area contributed by atoms with Gasteiger partial charge in [0.15, 0.2) is 6.29 Å². The Balaban J connectivity index is 1.74. The molecule has 1 saturated heterocycles. The molecular weight excluding hydrogens is 476 g/mol. The number of nitrogens with one attached hydrogen (secondary N) is 1. The zero-order valence-corrected chi connectivity index (χ0v) is 21.8. The van der Waals surface area contributed by atoms with E-state index in [1.807, 2.05) is 18.9 Å². The van der Waals surface area contributed by atoms with Crippen LogP contribution in [0.3, 0.4) is 0 Å². The van der Waals surface area contributed by atoms with Crippen LogP contribution in [0.25, 0.3) is 0 Å². The molecule has 0 radical (unpaired) electrons. The van der Waals surface area contributed by atoms with E-state index in [9.17, 15) is 14.4 Å². The lowest BCUT2D eigenvalue weighted by Crippen LogP contribution is -2.48. The number of methoxy groups -OCH3 is 1. The quantitative estimate of drug-likeness (QED) is 0.404. The number of aromatic nitrogens is 2. The highest BCUT2D eigenvalue weighted by molar-refractivity contribution is 6.00. The molecule has 0 aromatic carbocycles. The minimum Gasteiger partial charge on any atom is -0.487 e. The highest BCUT2D eigenvalue weighted by Gasteiger charge is 2.23. The summed E-state index contributed by atoms with van der Waals surface area (Å²) in [6, 6.07) is 4.43. The summed E-state index contributed by atoms with van der Waals surface area (Å²) in [5, 5.41) is 2.71. The molecule has 1 unspecified atom stereocenters. The number of hydrogen-bond acceptors (Lipinski definition) is 8. The third-order valence-electron chi connectivity index (χ3n) is 5.72. The van der Waals surface area contributed by atoms with Gasteiger partial charge in [0.25, 0.3) is 0 Å². The van der Waals surface area contributed by atoms with Gasteiger partial charge < -0.3 is 14.4 Å². The van der Waals surface area contributed by atoms with Gasteiger partial charge in [-0.05, 0) is 27.0 Å². The second-order valence-electron chi connectivity index (χ2n) is 8.70. The SMILES string of the molecule is CC#Cc1cnc(NC(=O)N(C)c2ccc(CN3CCN(C)CC3=O)c(C=O)n2)cc1OC(C)COC. The average molecular weight is 509 g/mol. The summed E-state index contributed by atoms with van der Waals surface area (Å²) >= 11 is 0. The molecule has 11 heteroatoms. The van der Waals surface area contributed by atoms with Gasteiger partial charge in [-0.2, -0.15) is 0 Å². The first-order valence-corrected chi connectivity index (χ1v) is 11.8. The number of ether oxygens (including phenoxy) is 2. The maximum absolute atomic E-state index is 12.9. The molecule has 1 aliphatic heterocycles. The molecular formula is C26H32N6O5. The van der Waals surface area contributed by atoms with Gasteiger partial charge in [-0.3, -0.25) is 24.7 Å². The monoisotopic (exact) mass is 508 g/mol. The number of piperazine rings is 1. The predicted molar refractivity (Wildman–Crippen MR) is 139 cm³/mol. The van der Waals surface area contributed by atoms with Gasteiger partial charge >= 0.3 is 6.03 Å². The van der Waals surface area contributed by atoms with Crippen LogP contribution in [0.2, 0.25) is 0 Å². The van der Waals surface area contributed by atoms with Crippen LogP contribution in [0.15, 0.2) is 24.4 Å². The van der Waals surface area contributed by atoms with Crippen LogP contribution < -0.4 is 15.0 Å². The van der Waals surface area contributed by atoms with Crippen molar-refractivity contribution in [1.29, 1.82) is 0 Å². The fraction of sp³-hybridized carbons (Fsp3) is 0.423. The molecule has 3 heterocycles. The number of pyridine rings is 2. The molecule has 1 aliphatic rings. The first-order valence-electron chi connectivity index (χ1n) is 11.8. The van der Waals surface area contributed by atoms with Crippen LogP contribution in [0.4, 0.5) is 16.4 Å². The topological polar surface area (TPSA) is 117 Å². The first-order chi connectivity index (χ1) is 17.7. The van der Waals surface area contributed by atoms with Crippen LogP contribution in [0.5, 0.6) is 5.75 Å². The van der Waals surface area contributed by atoms with Crippen LogP contribution in [0.1, 0.15) is 35.5 Å². The fourth-order valence-corrected chi connectivity index (χ4v) is 3.73. The van der Waals surface area contributed by atoms with Crippen LogP contribution >= 0.6 is 0 Å². The molecule has 2 aromatic heterocycles. The average Bonchev–Trinajstić information content (AvgIpc) is 2.87. The molecule has 1 fully saturated rings. The number of carbonyl (C=O) groups excluding carboxylic acids is 3. The van der Waals surface area contributed by atoms with Crippen molar-refractivity contribution in [2.45, 2.75) is 26.5 Å². The van der Waals surface area contributed by atoms with Gasteiger partial charge in [0.1, 0.15) is 29.2 Å². The molecule has 0 bridgehead atoms. The third-order valence-corrected chi connectivity index (χ3v) is 5.72. The van der Waals surface area contributed by atoms with E-state index in [0.29, 0.717) is 42.9 Å². The van der Waals surface area contributed by atoms with Crippen LogP contribution in [-0.4, -0.2) is 91.5 Å². The van der Waals surface area contributed by atoms with E-state index in [2.05, 4.69) is 27.1 Å². The number of aldehydes is 1. The molecule has 1 N–H and O–H groups in total. The van der Waals surface area contributed by atoms with Gasteiger partial charge in [-0.15, -0.1) is 5.92 Å². The summed E-state index contributed by atoms with van der Waals surface area (Å²) in [6.07, 6.45) is 1.92. The van der Waals surface area contributed by atoms with Gasteiger partial charge in [0.05, 0.1) is 18.7 Å². The van der Waals surface area contributed by atoms with Crippen molar-refractivity contribution in [3.05, 3.63) is 41.2 Å². The molecule has 0 aliphatic carbocycles. The van der Waals surface area contributed by atoms with Gasteiger partial charge in [0.2, 0.25) is 5.91 Å². The number of anilines is 2. The smallest absolute Gasteiger partial charge is 0.328 e. The van der Waals surface area contributed by atoms with Crippen molar-refractivity contribution in [3.63, 3.8) is 0 Å². The fourth-order valence-electron chi connectivity index (χ4n) is 3.73. The summed E-state index contributed by atoms with van der Waals surface area (Å²) in [5.41, 5.74) is 1.38. The largest absolute Gasteiger partial charge is 0.487 e. The van der Waals surface area contributed by atoms with Gasteiger partial charge in [-0.25, -0.2) is 14.8 Å². The second kappa shape index (κ2) is 12.8. The molecule has 3 rings (SSSR count). The van der Waals surface area contributed by atoms with Crippen molar-refractivity contribution in [2.24, 2.45) is 0 Å². The Morgan fingerprint density at radius 3 is 2.81 bits per heavy atom. The zero-order valence-electron chi connectivity index (χ0n) is 21.8. The Labute approximate surface area is 216 Å². The first kappa shape index (κ1) is 27.6. The Bertz CT molecular complexity index is 1210.